The molecule has 24 heavy (non-hydrogen) atoms. The zero-order valence-electron chi connectivity index (χ0n) is 13.4. The van der Waals surface area contributed by atoms with Crippen molar-refractivity contribution in [1.29, 1.82) is 0 Å². The lowest BCUT2D eigenvalue weighted by Gasteiger charge is -2.18. The van der Waals surface area contributed by atoms with Crippen molar-refractivity contribution in [2.24, 2.45) is 0 Å². The van der Waals surface area contributed by atoms with Crippen LogP contribution in [0.15, 0.2) is 54.6 Å². The molecule has 3 heteroatoms. The lowest BCUT2D eigenvalue weighted by Crippen LogP contribution is -2.08. The van der Waals surface area contributed by atoms with E-state index in [1.807, 2.05) is 11.8 Å². The molecule has 0 unspecified atom stereocenters. The molecule has 0 spiro atoms. The monoisotopic (exact) mass is 330 g/mol. The van der Waals surface area contributed by atoms with Crippen LogP contribution < -0.4 is 0 Å². The predicted molar refractivity (Wildman–Crippen MR) is 103 cm³/mol. The van der Waals surface area contributed by atoms with E-state index in [2.05, 4.69) is 59.6 Å². The second-order valence-corrected chi connectivity index (χ2v) is 7.47. The van der Waals surface area contributed by atoms with E-state index in [4.69, 9.17) is 4.98 Å². The molecule has 0 bridgehead atoms. The first kappa shape index (κ1) is 14.1. The van der Waals surface area contributed by atoms with Crippen molar-refractivity contribution in [2.75, 3.05) is 5.75 Å². The van der Waals surface area contributed by atoms with Crippen LogP contribution in [0.5, 0.6) is 0 Å². The topological polar surface area (TPSA) is 28.7 Å². The van der Waals surface area contributed by atoms with Gasteiger partial charge in [0, 0.05) is 28.5 Å². The van der Waals surface area contributed by atoms with Gasteiger partial charge in [-0.25, -0.2) is 0 Å². The minimum Gasteiger partial charge on any atom is -0.353 e. The average Bonchev–Trinajstić information content (AvgIpc) is 3.03. The van der Waals surface area contributed by atoms with Gasteiger partial charge in [-0.05, 0) is 29.4 Å². The molecular weight excluding hydrogens is 312 g/mol. The summed E-state index contributed by atoms with van der Waals surface area (Å²) in [7, 11) is 0. The van der Waals surface area contributed by atoms with E-state index in [9.17, 15) is 0 Å². The first-order valence-corrected chi connectivity index (χ1v) is 9.58. The maximum absolute atomic E-state index is 5.08. The fourth-order valence-corrected chi connectivity index (χ4v) is 4.68. The molecule has 0 fully saturated rings. The van der Waals surface area contributed by atoms with Crippen LogP contribution in [0.3, 0.4) is 0 Å². The van der Waals surface area contributed by atoms with Crippen LogP contribution in [0, 0.1) is 0 Å². The van der Waals surface area contributed by atoms with Crippen LogP contribution in [-0.4, -0.2) is 15.7 Å². The molecule has 118 valence electrons. The van der Waals surface area contributed by atoms with Gasteiger partial charge in [0.1, 0.15) is 0 Å². The maximum atomic E-state index is 5.08. The molecular formula is C21H18N2S. The van der Waals surface area contributed by atoms with Crippen molar-refractivity contribution in [1.82, 2.24) is 9.97 Å². The molecule has 0 amide bonds. The highest BCUT2D eigenvalue weighted by molar-refractivity contribution is 7.98. The Morgan fingerprint density at radius 2 is 1.83 bits per heavy atom. The number of aryl methyl sites for hydroxylation is 1. The molecule has 0 aliphatic carbocycles. The number of aromatic amines is 1. The number of pyridine rings is 1. The summed E-state index contributed by atoms with van der Waals surface area (Å²) in [6.45, 7) is 0. The third-order valence-corrected chi connectivity index (χ3v) is 5.83. The van der Waals surface area contributed by atoms with E-state index in [1.54, 1.807) is 0 Å². The molecule has 2 aromatic heterocycles. The standard InChI is InChI=1S/C21H18N2S/c1-2-6-14(7-3-1)12-18-21-20(15-8-4-5-9-17(15)23-21)16-10-11-24-13-19(16)22-18/h1-9,23H,10-13H2. The lowest BCUT2D eigenvalue weighted by molar-refractivity contribution is 0.985. The molecule has 4 aromatic rings. The predicted octanol–water partition coefficient (Wildman–Crippen LogP) is 5.10. The summed E-state index contributed by atoms with van der Waals surface area (Å²) in [4.78, 5) is 8.73. The summed E-state index contributed by atoms with van der Waals surface area (Å²) >= 11 is 2.00. The fraction of sp³-hybridized carbons (Fsp3) is 0.190. The van der Waals surface area contributed by atoms with Gasteiger partial charge in [-0.2, -0.15) is 11.8 Å². The van der Waals surface area contributed by atoms with Gasteiger partial charge in [0.2, 0.25) is 0 Å². The Bertz CT molecular complexity index is 1030. The summed E-state index contributed by atoms with van der Waals surface area (Å²) in [6.07, 6.45) is 2.00. The van der Waals surface area contributed by atoms with Crippen LogP contribution in [0.25, 0.3) is 21.8 Å². The molecule has 0 atom stereocenters. The molecule has 0 radical (unpaired) electrons. The number of hydrogen-bond donors (Lipinski definition) is 1. The minimum atomic E-state index is 0.877. The summed E-state index contributed by atoms with van der Waals surface area (Å²) in [5, 5.41) is 2.74. The molecule has 0 saturated carbocycles. The van der Waals surface area contributed by atoms with Crippen molar-refractivity contribution in [3.8, 4) is 0 Å². The highest BCUT2D eigenvalue weighted by Gasteiger charge is 2.20. The van der Waals surface area contributed by atoms with Gasteiger partial charge in [-0.3, -0.25) is 4.98 Å². The number of H-pyrrole nitrogens is 1. The van der Waals surface area contributed by atoms with Crippen LogP contribution in [0.1, 0.15) is 22.5 Å². The summed E-state index contributed by atoms with van der Waals surface area (Å²) in [6, 6.07) is 19.3. The van der Waals surface area contributed by atoms with E-state index in [0.717, 1.165) is 18.6 Å². The van der Waals surface area contributed by atoms with Gasteiger partial charge in [0.15, 0.2) is 0 Å². The van der Waals surface area contributed by atoms with Gasteiger partial charge >= 0.3 is 0 Å². The van der Waals surface area contributed by atoms with E-state index in [0.29, 0.717) is 0 Å². The van der Waals surface area contributed by atoms with Crippen molar-refractivity contribution in [3.05, 3.63) is 77.1 Å². The third-order valence-electron chi connectivity index (χ3n) is 4.86. The number of fused-ring (bicyclic) bond motifs is 5. The summed E-state index contributed by atoms with van der Waals surface area (Å²) in [5.41, 5.74) is 7.68. The van der Waals surface area contributed by atoms with Crippen LogP contribution in [0.4, 0.5) is 0 Å². The molecule has 2 nitrogen and oxygen atoms in total. The second kappa shape index (κ2) is 5.67. The van der Waals surface area contributed by atoms with E-state index in [-0.39, 0.29) is 0 Å². The lowest BCUT2D eigenvalue weighted by atomic mass is 9.99. The van der Waals surface area contributed by atoms with E-state index in [1.165, 1.54) is 50.1 Å². The highest BCUT2D eigenvalue weighted by Crippen LogP contribution is 2.36. The van der Waals surface area contributed by atoms with Gasteiger partial charge in [0.05, 0.1) is 16.9 Å². The van der Waals surface area contributed by atoms with Crippen molar-refractivity contribution in [2.45, 2.75) is 18.6 Å². The maximum Gasteiger partial charge on any atom is 0.0692 e. The van der Waals surface area contributed by atoms with Crippen LogP contribution in [0.2, 0.25) is 0 Å². The van der Waals surface area contributed by atoms with Gasteiger partial charge in [0.25, 0.3) is 0 Å². The summed E-state index contributed by atoms with van der Waals surface area (Å²) < 4.78 is 0. The van der Waals surface area contributed by atoms with Gasteiger partial charge in [-0.15, -0.1) is 0 Å². The largest absolute Gasteiger partial charge is 0.353 e. The molecule has 3 heterocycles. The van der Waals surface area contributed by atoms with Gasteiger partial charge < -0.3 is 4.98 Å². The Balaban J connectivity index is 1.80. The van der Waals surface area contributed by atoms with Crippen molar-refractivity contribution >= 4 is 33.6 Å². The fourth-order valence-electron chi connectivity index (χ4n) is 3.75. The summed E-state index contributed by atoms with van der Waals surface area (Å²) in [5.74, 6) is 2.23. The molecule has 0 saturated heterocycles. The first-order chi connectivity index (χ1) is 11.9. The third kappa shape index (κ3) is 2.23. The van der Waals surface area contributed by atoms with E-state index >= 15 is 0 Å². The number of thioether (sulfide) groups is 1. The Morgan fingerprint density at radius 3 is 2.75 bits per heavy atom. The molecule has 2 aromatic carbocycles. The molecule has 5 rings (SSSR count). The second-order valence-electron chi connectivity index (χ2n) is 6.37. The minimum absolute atomic E-state index is 0.877. The first-order valence-electron chi connectivity index (χ1n) is 8.43. The zero-order valence-corrected chi connectivity index (χ0v) is 14.2. The molecule has 1 N–H and O–H groups in total. The normalized spacial score (nSPS) is 14.2. The Morgan fingerprint density at radius 1 is 1.00 bits per heavy atom. The smallest absolute Gasteiger partial charge is 0.0692 e. The number of para-hydroxylation sites is 1. The molecule has 1 aliphatic heterocycles. The average molecular weight is 330 g/mol. The number of nitrogens with zero attached hydrogens (tertiary/aromatic N) is 1. The zero-order chi connectivity index (χ0) is 15.9. The number of rotatable bonds is 2. The SMILES string of the molecule is c1ccc(Cc2nc3c(c4c2[nH]c2ccccc24)CCSC3)cc1. The van der Waals surface area contributed by atoms with Crippen LogP contribution >= 0.6 is 11.8 Å². The van der Waals surface area contributed by atoms with Gasteiger partial charge in [-0.1, -0.05) is 48.5 Å². The van der Waals surface area contributed by atoms with Crippen LogP contribution in [-0.2, 0) is 18.6 Å². The highest BCUT2D eigenvalue weighted by atomic mass is 32.2. The Labute approximate surface area is 145 Å². The molecule has 1 aliphatic rings. The Hall–Kier alpha value is -2.26. The van der Waals surface area contributed by atoms with Crippen molar-refractivity contribution < 1.29 is 0 Å². The number of aromatic nitrogens is 2. The number of nitrogens with one attached hydrogen (secondary N) is 1. The number of hydrogen-bond acceptors (Lipinski definition) is 2. The quantitative estimate of drug-likeness (QED) is 0.554. The number of benzene rings is 2. The van der Waals surface area contributed by atoms with Crippen molar-refractivity contribution in [3.63, 3.8) is 0 Å². The van der Waals surface area contributed by atoms with E-state index < -0.39 is 0 Å². The Kier molecular flexibility index (Phi) is 3.34.